The summed E-state index contributed by atoms with van der Waals surface area (Å²) >= 11 is 18.9. The third-order valence-electron chi connectivity index (χ3n) is 9.64. The topological polar surface area (TPSA) is 132 Å². The number of aliphatic hydroxyl groups excluding tert-OH is 1. The van der Waals surface area contributed by atoms with Crippen molar-refractivity contribution in [3.05, 3.63) is 33.3 Å². The molecule has 0 aromatic carbocycles. The lowest BCUT2D eigenvalue weighted by Gasteiger charge is -2.42. The molecule has 0 aliphatic rings. The van der Waals surface area contributed by atoms with Gasteiger partial charge in [0.2, 0.25) is 3.79 Å². The number of thiazole rings is 1. The molecular weight excluding hydrogens is 741 g/mol. The summed E-state index contributed by atoms with van der Waals surface area (Å²) in [5, 5.41) is 23.4. The number of nitrogens with zero attached hydrogens (tertiary/aromatic N) is 1. The van der Waals surface area contributed by atoms with Gasteiger partial charge in [-0.2, -0.15) is 0 Å². The Kier molecular flexibility index (Phi) is 19.8. The van der Waals surface area contributed by atoms with Crippen molar-refractivity contribution in [1.82, 2.24) is 4.98 Å². The molecule has 0 spiro atoms. The van der Waals surface area contributed by atoms with E-state index in [0.29, 0.717) is 12.8 Å². The summed E-state index contributed by atoms with van der Waals surface area (Å²) in [6.45, 7) is 18.4. The fraction of sp³-hybridized carbons (Fsp3) is 0.722. The molecule has 50 heavy (non-hydrogen) atoms. The lowest BCUT2D eigenvalue weighted by atomic mass is 9.73. The van der Waals surface area contributed by atoms with E-state index in [1.54, 1.807) is 32.1 Å². The number of carbonyl (C=O) groups is 3. The number of Topliss-reactive ketones (excluding diaryl/α,β-unsaturated/α-hetero) is 1. The molecule has 0 amide bonds. The molecule has 0 aliphatic heterocycles. The van der Waals surface area contributed by atoms with Crippen LogP contribution in [0, 0.1) is 24.2 Å². The van der Waals surface area contributed by atoms with Crippen LogP contribution in [-0.4, -0.2) is 70.1 Å². The maximum atomic E-state index is 14.3. The van der Waals surface area contributed by atoms with E-state index in [1.807, 2.05) is 66.0 Å². The highest BCUT2D eigenvalue weighted by Crippen LogP contribution is 2.38. The number of aliphatic carboxylic acids is 1. The Morgan fingerprint density at radius 3 is 2.18 bits per heavy atom. The predicted octanol–water partition coefficient (Wildman–Crippen LogP) is 10.3. The first-order valence-corrected chi connectivity index (χ1v) is 21.9. The smallest absolute Gasteiger partial charge is 0.481 e. The van der Waals surface area contributed by atoms with E-state index in [2.05, 4.69) is 4.98 Å². The quantitative estimate of drug-likeness (QED) is 0.0509. The molecule has 0 saturated heterocycles. The summed E-state index contributed by atoms with van der Waals surface area (Å²) in [7, 11) is -2.29. The van der Waals surface area contributed by atoms with E-state index in [0.717, 1.165) is 52.8 Å². The molecule has 0 aliphatic carbocycles. The number of carboxylic acid groups (broad SMARTS) is 1. The van der Waals surface area contributed by atoms with Gasteiger partial charge in [-0.15, -0.1) is 11.3 Å². The van der Waals surface area contributed by atoms with Crippen LogP contribution in [0.4, 0.5) is 4.79 Å². The minimum Gasteiger partial charge on any atom is -0.481 e. The van der Waals surface area contributed by atoms with E-state index in [4.69, 9.17) is 48.7 Å². The van der Waals surface area contributed by atoms with Gasteiger partial charge >= 0.3 is 12.1 Å². The first-order chi connectivity index (χ1) is 23.1. The number of carbonyl (C=O) groups excluding carboxylic acids is 2. The van der Waals surface area contributed by atoms with Crippen molar-refractivity contribution in [1.29, 1.82) is 0 Å². The van der Waals surface area contributed by atoms with Crippen LogP contribution in [0.3, 0.4) is 0 Å². The highest BCUT2D eigenvalue weighted by atomic mass is 35.6. The van der Waals surface area contributed by atoms with Crippen molar-refractivity contribution in [2.45, 2.75) is 142 Å². The normalized spacial score (nSPS) is 16.4. The molecule has 5 unspecified atom stereocenters. The van der Waals surface area contributed by atoms with Crippen molar-refractivity contribution in [2.75, 3.05) is 6.61 Å². The van der Waals surface area contributed by atoms with E-state index in [-0.39, 0.29) is 18.1 Å². The summed E-state index contributed by atoms with van der Waals surface area (Å²) in [4.78, 5) is 43.5. The lowest BCUT2D eigenvalue weighted by Crippen LogP contribution is -2.51. The molecule has 1 aromatic heterocycles. The van der Waals surface area contributed by atoms with Crippen LogP contribution in [0.15, 0.2) is 22.6 Å². The van der Waals surface area contributed by atoms with Gasteiger partial charge in [-0.05, 0) is 82.2 Å². The Morgan fingerprint density at radius 2 is 1.68 bits per heavy atom. The SMILES string of the molecule is CC[Si](CC)(CC)OC(CC(=O)O)C(C)(C)C(=O)C(C)C(OC(=O)OCC(Cl)(Cl)Cl)C(C)CCC/C(C)=C/CC(O)/C(C)=C/c1csc(C)n1. The lowest BCUT2D eigenvalue weighted by molar-refractivity contribution is -0.147. The number of halogens is 3. The second kappa shape index (κ2) is 21.3. The zero-order chi connectivity index (χ0) is 38.4. The number of alkyl halides is 3. The summed E-state index contributed by atoms with van der Waals surface area (Å²) in [6.07, 6.45) is 2.64. The first kappa shape index (κ1) is 46.5. The molecule has 286 valence electrons. The minimum atomic E-state index is -2.29. The number of hydrogen-bond acceptors (Lipinski definition) is 9. The number of aryl methyl sites for hydroxylation is 1. The van der Waals surface area contributed by atoms with Crippen LogP contribution in [0.5, 0.6) is 0 Å². The molecule has 1 aromatic rings. The van der Waals surface area contributed by atoms with Gasteiger partial charge in [0.1, 0.15) is 18.5 Å². The van der Waals surface area contributed by atoms with Crippen LogP contribution in [0.2, 0.25) is 18.1 Å². The zero-order valence-corrected chi connectivity index (χ0v) is 35.4. The number of ether oxygens (including phenoxy) is 2. The van der Waals surface area contributed by atoms with E-state index < -0.39 is 60.5 Å². The standard InChI is InChI=1S/C36H58Cl3NO8SSi/c1-11-50(12-2,13-3)48-30(20-31(42)43)35(9,10)33(44)26(7)32(47-34(45)46-22-36(37,38)39)24(5)16-14-15-23(4)17-18-29(41)25(6)19-28-21-49-27(8)40-28/h17,19,21,24,26,29-30,32,41H,11-16,18,20,22H2,1-10H3,(H,42,43)/b23-17+,25-19+. The van der Waals surface area contributed by atoms with Gasteiger partial charge in [-0.1, -0.05) is 94.9 Å². The summed E-state index contributed by atoms with van der Waals surface area (Å²) in [5.74, 6) is -2.45. The summed E-state index contributed by atoms with van der Waals surface area (Å²) in [6, 6.07) is 2.38. The van der Waals surface area contributed by atoms with Gasteiger partial charge in [0.05, 0.1) is 35.2 Å². The van der Waals surface area contributed by atoms with Gasteiger partial charge in [0, 0.05) is 10.8 Å². The first-order valence-electron chi connectivity index (χ1n) is 17.4. The minimum absolute atomic E-state index is 0.276. The Balaban J connectivity index is 3.16. The number of aliphatic hydroxyl groups is 1. The van der Waals surface area contributed by atoms with Crippen molar-refractivity contribution in [3.63, 3.8) is 0 Å². The van der Waals surface area contributed by atoms with Crippen LogP contribution in [0.1, 0.15) is 105 Å². The number of carboxylic acids is 1. The van der Waals surface area contributed by atoms with Gasteiger partial charge in [0.15, 0.2) is 8.32 Å². The third kappa shape index (κ3) is 15.6. The van der Waals surface area contributed by atoms with Crippen molar-refractivity contribution < 1.29 is 38.5 Å². The molecule has 9 nitrogen and oxygen atoms in total. The van der Waals surface area contributed by atoms with Crippen LogP contribution in [-0.2, 0) is 23.5 Å². The maximum Gasteiger partial charge on any atom is 0.508 e. The van der Waals surface area contributed by atoms with E-state index in [9.17, 15) is 24.6 Å². The summed E-state index contributed by atoms with van der Waals surface area (Å²) in [5.41, 5.74) is 1.57. The summed E-state index contributed by atoms with van der Waals surface area (Å²) < 4.78 is 15.6. The molecule has 2 N–H and O–H groups in total. The van der Waals surface area contributed by atoms with Crippen molar-refractivity contribution in [3.8, 4) is 0 Å². The molecule has 0 saturated carbocycles. The molecule has 5 atom stereocenters. The molecule has 0 fully saturated rings. The average Bonchev–Trinajstić information content (AvgIpc) is 3.45. The number of ketones is 1. The Labute approximate surface area is 319 Å². The van der Waals surface area contributed by atoms with Crippen LogP contribution >= 0.6 is 46.1 Å². The highest BCUT2D eigenvalue weighted by Gasteiger charge is 2.47. The number of aromatic nitrogens is 1. The molecular formula is C36H58Cl3NO8SSi. The average molecular weight is 799 g/mol. The van der Waals surface area contributed by atoms with Gasteiger partial charge < -0.3 is 24.1 Å². The van der Waals surface area contributed by atoms with Crippen molar-refractivity contribution in [2.24, 2.45) is 17.3 Å². The Bertz CT molecular complexity index is 1300. The molecule has 0 radical (unpaired) electrons. The second-order valence-corrected chi connectivity index (χ2v) is 22.2. The number of hydrogen-bond donors (Lipinski definition) is 2. The molecule has 0 bridgehead atoms. The van der Waals surface area contributed by atoms with E-state index >= 15 is 0 Å². The highest BCUT2D eigenvalue weighted by molar-refractivity contribution is 7.09. The maximum absolute atomic E-state index is 14.3. The second-order valence-electron chi connectivity index (χ2n) is 13.9. The van der Waals surface area contributed by atoms with Crippen molar-refractivity contribution >= 4 is 78.4 Å². The fourth-order valence-corrected chi connectivity index (χ4v) is 9.76. The Morgan fingerprint density at radius 1 is 1.08 bits per heavy atom. The van der Waals surface area contributed by atoms with E-state index in [1.165, 1.54) is 0 Å². The monoisotopic (exact) mass is 797 g/mol. The molecule has 14 heteroatoms. The van der Waals surface area contributed by atoms with Crippen LogP contribution in [0.25, 0.3) is 6.08 Å². The fourth-order valence-electron chi connectivity index (χ4n) is 6.04. The predicted molar refractivity (Wildman–Crippen MR) is 207 cm³/mol. The molecule has 1 rings (SSSR count). The number of allylic oxidation sites excluding steroid dienone is 1. The molecule has 1 heterocycles. The Hall–Kier alpha value is -1.47. The van der Waals surface area contributed by atoms with Gasteiger partial charge in [-0.25, -0.2) is 9.78 Å². The number of rotatable bonds is 22. The van der Waals surface area contributed by atoms with Gasteiger partial charge in [-0.3, -0.25) is 9.59 Å². The van der Waals surface area contributed by atoms with Gasteiger partial charge in [0.25, 0.3) is 0 Å². The largest absolute Gasteiger partial charge is 0.508 e. The zero-order valence-electron chi connectivity index (χ0n) is 31.3. The third-order valence-corrected chi connectivity index (χ3v) is 15.4. The van der Waals surface area contributed by atoms with Crippen LogP contribution < -0.4 is 0 Å².